The van der Waals surface area contributed by atoms with Gasteiger partial charge in [-0.3, -0.25) is 4.99 Å². The number of rotatable bonds is 6. The molecule has 1 N–H and O–H groups in total. The minimum absolute atomic E-state index is 0.191. The van der Waals surface area contributed by atoms with Crippen molar-refractivity contribution in [2.24, 2.45) is 4.99 Å². The number of likely N-dealkylation sites (N-methyl/N-ethyl adjacent to an activating group) is 1. The minimum Gasteiger partial charge on any atom is -0.476 e. The Labute approximate surface area is 179 Å². The predicted octanol–water partition coefficient (Wildman–Crippen LogP) is 1.40. The lowest BCUT2D eigenvalue weighted by Gasteiger charge is -2.39. The van der Waals surface area contributed by atoms with E-state index in [1.54, 1.807) is 11.1 Å². The van der Waals surface area contributed by atoms with E-state index < -0.39 is 5.60 Å². The molecule has 2 aliphatic heterocycles. The number of aromatic nitrogens is 1. The van der Waals surface area contributed by atoms with E-state index in [0.717, 1.165) is 24.6 Å². The summed E-state index contributed by atoms with van der Waals surface area (Å²) in [5, 5.41) is 3.43. The van der Waals surface area contributed by atoms with Crippen molar-refractivity contribution in [1.82, 2.24) is 25.0 Å². The number of fused-ring (bicyclic) bond motifs is 1. The van der Waals surface area contributed by atoms with Crippen molar-refractivity contribution in [3.05, 3.63) is 23.9 Å². The monoisotopic (exact) mass is 418 g/mol. The highest BCUT2D eigenvalue weighted by atomic mass is 16.6. The number of hydrogen-bond donors (Lipinski definition) is 1. The molecule has 166 valence electrons. The van der Waals surface area contributed by atoms with Crippen molar-refractivity contribution >= 4 is 12.1 Å². The van der Waals surface area contributed by atoms with Gasteiger partial charge in [0.1, 0.15) is 12.2 Å². The van der Waals surface area contributed by atoms with Gasteiger partial charge in [-0.2, -0.15) is 0 Å². The number of pyridine rings is 1. The smallest absolute Gasteiger partial charge is 0.410 e. The lowest BCUT2D eigenvalue weighted by Crippen LogP contribution is -2.57. The predicted molar refractivity (Wildman–Crippen MR) is 116 cm³/mol. The second kappa shape index (κ2) is 9.51. The summed E-state index contributed by atoms with van der Waals surface area (Å²) < 4.78 is 11.2. The van der Waals surface area contributed by atoms with Gasteiger partial charge in [0.25, 0.3) is 0 Å². The molecule has 9 nitrogen and oxygen atoms in total. The van der Waals surface area contributed by atoms with Crippen molar-refractivity contribution in [3.63, 3.8) is 0 Å². The van der Waals surface area contributed by atoms with Gasteiger partial charge in [0.05, 0.1) is 12.6 Å². The zero-order chi connectivity index (χ0) is 21.7. The number of hydrogen-bond acceptors (Lipinski definition) is 8. The Morgan fingerprint density at radius 1 is 1.33 bits per heavy atom. The van der Waals surface area contributed by atoms with Crippen LogP contribution in [-0.2, 0) is 11.3 Å². The molecule has 3 heterocycles. The van der Waals surface area contributed by atoms with Crippen LogP contribution in [0.2, 0.25) is 0 Å². The summed E-state index contributed by atoms with van der Waals surface area (Å²) in [6.45, 7) is 10.4. The van der Waals surface area contributed by atoms with Gasteiger partial charge < -0.3 is 29.5 Å². The first-order valence-corrected chi connectivity index (χ1v) is 10.5. The van der Waals surface area contributed by atoms with Crippen LogP contribution in [0.1, 0.15) is 26.3 Å². The van der Waals surface area contributed by atoms with Crippen LogP contribution >= 0.6 is 0 Å². The number of carbonyl (C=O) groups excluding carboxylic acids is 1. The van der Waals surface area contributed by atoms with Crippen LogP contribution in [0.15, 0.2) is 23.3 Å². The average Bonchev–Trinajstić information content (AvgIpc) is 3.07. The molecule has 1 fully saturated rings. The van der Waals surface area contributed by atoms with E-state index in [2.05, 4.69) is 25.1 Å². The van der Waals surface area contributed by atoms with Crippen LogP contribution in [0, 0.1) is 0 Å². The molecule has 1 aromatic rings. The van der Waals surface area contributed by atoms with Gasteiger partial charge >= 0.3 is 6.09 Å². The molecular formula is C21H34N6O3. The van der Waals surface area contributed by atoms with E-state index in [1.165, 1.54) is 0 Å². The fraction of sp³-hybridized carbons (Fsp3) is 0.667. The normalized spacial score (nSPS) is 18.9. The summed E-state index contributed by atoms with van der Waals surface area (Å²) in [5.41, 5.74) is 0.607. The average molecular weight is 419 g/mol. The van der Waals surface area contributed by atoms with Crippen molar-refractivity contribution in [3.8, 4) is 5.88 Å². The summed E-state index contributed by atoms with van der Waals surface area (Å²) >= 11 is 0. The van der Waals surface area contributed by atoms with Gasteiger partial charge in [0, 0.05) is 45.0 Å². The third-order valence-corrected chi connectivity index (χ3v) is 4.90. The molecule has 1 atom stereocenters. The van der Waals surface area contributed by atoms with Crippen molar-refractivity contribution in [1.29, 1.82) is 0 Å². The maximum Gasteiger partial charge on any atom is 0.410 e. The van der Waals surface area contributed by atoms with Gasteiger partial charge in [0.15, 0.2) is 5.96 Å². The van der Waals surface area contributed by atoms with Crippen molar-refractivity contribution in [2.45, 2.75) is 39.0 Å². The number of nitrogens with zero attached hydrogens (tertiary/aromatic N) is 5. The largest absolute Gasteiger partial charge is 0.476 e. The number of carbonyl (C=O) groups is 1. The summed E-state index contributed by atoms with van der Waals surface area (Å²) in [4.78, 5) is 27.4. The minimum atomic E-state index is -0.479. The van der Waals surface area contributed by atoms with E-state index >= 15 is 0 Å². The maximum absolute atomic E-state index is 12.4. The van der Waals surface area contributed by atoms with Gasteiger partial charge in [0.2, 0.25) is 5.88 Å². The summed E-state index contributed by atoms with van der Waals surface area (Å²) in [7, 11) is 4.03. The van der Waals surface area contributed by atoms with Crippen molar-refractivity contribution in [2.75, 3.05) is 53.4 Å². The SMILES string of the molecule is CN(C)CCOc1cc(CNC2=NCC3CN(C(=O)OC(C)(C)C)CCN23)ccn1. The standard InChI is InChI=1S/C21H34N6O3/c1-21(2,3)30-20(28)26-8-9-27-17(15-26)14-24-19(27)23-13-16-6-7-22-18(12-16)29-11-10-25(4)5/h6-7,12,17H,8-11,13-15H2,1-5H3,(H,23,24). The van der Waals surface area contributed by atoms with E-state index in [0.29, 0.717) is 38.7 Å². The molecule has 1 aromatic heterocycles. The number of guanidine groups is 1. The molecule has 0 aliphatic carbocycles. The maximum atomic E-state index is 12.4. The Morgan fingerprint density at radius 2 is 2.13 bits per heavy atom. The van der Waals surface area contributed by atoms with Gasteiger partial charge in [-0.1, -0.05) is 0 Å². The molecule has 3 rings (SSSR count). The zero-order valence-corrected chi connectivity index (χ0v) is 18.7. The molecule has 2 aliphatic rings. The highest BCUT2D eigenvalue weighted by molar-refractivity contribution is 5.82. The van der Waals surface area contributed by atoms with Crippen LogP contribution in [0.4, 0.5) is 4.79 Å². The molecule has 30 heavy (non-hydrogen) atoms. The third kappa shape index (κ3) is 6.22. The molecule has 9 heteroatoms. The summed E-state index contributed by atoms with van der Waals surface area (Å²) in [6, 6.07) is 4.12. The molecule has 1 amide bonds. The van der Waals surface area contributed by atoms with Gasteiger partial charge in [-0.05, 0) is 46.5 Å². The Balaban J connectivity index is 1.48. The topological polar surface area (TPSA) is 82.5 Å². The molecule has 0 saturated carbocycles. The molecule has 1 saturated heterocycles. The van der Waals surface area contributed by atoms with E-state index in [1.807, 2.05) is 47.0 Å². The second-order valence-corrected chi connectivity index (χ2v) is 8.95. The van der Waals surface area contributed by atoms with E-state index in [-0.39, 0.29) is 12.1 Å². The number of piperazine rings is 1. The molecular weight excluding hydrogens is 384 g/mol. The highest BCUT2D eigenvalue weighted by Gasteiger charge is 2.36. The number of aliphatic imine (C=N–C) groups is 1. The van der Waals surface area contributed by atoms with Crippen LogP contribution in [-0.4, -0.2) is 96.8 Å². The molecule has 1 unspecified atom stereocenters. The van der Waals surface area contributed by atoms with Crippen LogP contribution in [0.3, 0.4) is 0 Å². The van der Waals surface area contributed by atoms with E-state index in [9.17, 15) is 4.79 Å². The first-order chi connectivity index (χ1) is 14.2. The van der Waals surface area contributed by atoms with Crippen LogP contribution in [0.25, 0.3) is 0 Å². The lowest BCUT2D eigenvalue weighted by atomic mass is 10.2. The first kappa shape index (κ1) is 22.1. The zero-order valence-electron chi connectivity index (χ0n) is 18.7. The molecule has 0 radical (unpaired) electrons. The summed E-state index contributed by atoms with van der Waals surface area (Å²) in [5.74, 6) is 1.52. The van der Waals surface area contributed by atoms with E-state index in [4.69, 9.17) is 9.47 Å². The van der Waals surface area contributed by atoms with Crippen LogP contribution in [0.5, 0.6) is 5.88 Å². The quantitative estimate of drug-likeness (QED) is 0.748. The highest BCUT2D eigenvalue weighted by Crippen LogP contribution is 2.19. The molecule has 0 bridgehead atoms. The fourth-order valence-corrected chi connectivity index (χ4v) is 3.38. The first-order valence-electron chi connectivity index (χ1n) is 10.5. The Hall–Kier alpha value is -2.55. The fourth-order valence-electron chi connectivity index (χ4n) is 3.38. The number of nitrogens with one attached hydrogen (secondary N) is 1. The van der Waals surface area contributed by atoms with Gasteiger partial charge in [-0.15, -0.1) is 0 Å². The summed E-state index contributed by atoms with van der Waals surface area (Å²) in [6.07, 6.45) is 1.52. The third-order valence-electron chi connectivity index (χ3n) is 4.90. The number of amides is 1. The Kier molecular flexibility index (Phi) is 7.02. The Morgan fingerprint density at radius 3 is 2.87 bits per heavy atom. The van der Waals surface area contributed by atoms with Crippen molar-refractivity contribution < 1.29 is 14.3 Å². The molecule has 0 aromatic carbocycles. The Bertz CT molecular complexity index is 761. The lowest BCUT2D eigenvalue weighted by molar-refractivity contribution is 0.0137. The van der Waals surface area contributed by atoms with Gasteiger partial charge in [-0.25, -0.2) is 9.78 Å². The molecule has 0 spiro atoms. The second-order valence-electron chi connectivity index (χ2n) is 8.95. The van der Waals surface area contributed by atoms with Crippen LogP contribution < -0.4 is 10.1 Å². The number of ether oxygens (including phenoxy) is 2.